The molecule has 186 valence electrons. The molecule has 9 nitrogen and oxygen atoms in total. The molecule has 2 atom stereocenters. The molecule has 0 radical (unpaired) electrons. The molecule has 5 rings (SSSR count). The quantitative estimate of drug-likeness (QED) is 0.280. The number of fused-ring (bicyclic) bond motifs is 1. The molecule has 10 heteroatoms. The maximum Gasteiger partial charge on any atom is 0.276 e. The fraction of sp³-hybridized carbons (Fsp3) is 0.185. The number of nitrogens with zero attached hydrogens (tertiary/aromatic N) is 4. The molecule has 3 aromatic carbocycles. The zero-order valence-electron chi connectivity index (χ0n) is 19.5. The topological polar surface area (TPSA) is 119 Å². The summed E-state index contributed by atoms with van der Waals surface area (Å²) in [5.41, 5.74) is 3.05. The lowest BCUT2D eigenvalue weighted by Gasteiger charge is -2.29. The highest BCUT2D eigenvalue weighted by atomic mass is 35.5. The van der Waals surface area contributed by atoms with Gasteiger partial charge in [0.05, 0.1) is 32.2 Å². The molecule has 2 unspecified atom stereocenters. The monoisotopic (exact) mass is 516 g/mol. The van der Waals surface area contributed by atoms with E-state index in [1.807, 2.05) is 6.08 Å². The van der Waals surface area contributed by atoms with Crippen molar-refractivity contribution in [2.75, 3.05) is 0 Å². The van der Waals surface area contributed by atoms with Gasteiger partial charge in [-0.2, -0.15) is 5.10 Å². The van der Waals surface area contributed by atoms with Crippen LogP contribution in [0.3, 0.4) is 0 Å². The molecule has 1 amide bonds. The van der Waals surface area contributed by atoms with Crippen molar-refractivity contribution in [3.63, 3.8) is 0 Å². The molecule has 37 heavy (non-hydrogen) atoms. The molecule has 0 spiro atoms. The Morgan fingerprint density at radius 2 is 1.68 bits per heavy atom. The first-order valence-electron chi connectivity index (χ1n) is 11.7. The molecule has 1 saturated carbocycles. The molecule has 3 aromatic rings. The average molecular weight is 517 g/mol. The van der Waals surface area contributed by atoms with E-state index in [4.69, 9.17) is 16.7 Å². The highest BCUT2D eigenvalue weighted by molar-refractivity contribution is 6.33. The number of amides is 1. The van der Waals surface area contributed by atoms with Gasteiger partial charge in [0, 0.05) is 30.2 Å². The Morgan fingerprint density at radius 3 is 2.41 bits per heavy atom. The highest BCUT2D eigenvalue weighted by Crippen LogP contribution is 2.45. The van der Waals surface area contributed by atoms with E-state index in [2.05, 4.69) is 0 Å². The van der Waals surface area contributed by atoms with Crippen molar-refractivity contribution in [1.82, 2.24) is 5.01 Å². The minimum Gasteiger partial charge on any atom is -0.267 e. The number of hydrazone groups is 1. The average Bonchev–Trinajstić information content (AvgIpc) is 3.29. The van der Waals surface area contributed by atoms with Gasteiger partial charge in [0.2, 0.25) is 0 Å². The van der Waals surface area contributed by atoms with Crippen LogP contribution in [0.2, 0.25) is 5.02 Å². The Kier molecular flexibility index (Phi) is 6.54. The third-order valence-corrected chi connectivity index (χ3v) is 6.99. The molecule has 2 aliphatic rings. The summed E-state index contributed by atoms with van der Waals surface area (Å²) in [6, 6.07) is 18.7. The molecule has 1 aliphatic heterocycles. The van der Waals surface area contributed by atoms with Gasteiger partial charge in [-0.1, -0.05) is 48.0 Å². The van der Waals surface area contributed by atoms with Crippen LogP contribution in [0.5, 0.6) is 0 Å². The summed E-state index contributed by atoms with van der Waals surface area (Å²) in [6.45, 7) is 0. The minimum absolute atomic E-state index is 0.0138. The number of benzene rings is 3. The van der Waals surface area contributed by atoms with Crippen molar-refractivity contribution in [2.45, 2.75) is 25.3 Å². The van der Waals surface area contributed by atoms with E-state index in [-0.39, 0.29) is 27.9 Å². The lowest BCUT2D eigenvalue weighted by molar-refractivity contribution is -0.385. The van der Waals surface area contributed by atoms with Crippen LogP contribution in [-0.2, 0) is 0 Å². The fourth-order valence-electron chi connectivity index (χ4n) is 5.01. The zero-order valence-corrected chi connectivity index (χ0v) is 20.2. The van der Waals surface area contributed by atoms with Crippen LogP contribution in [0.15, 0.2) is 83.5 Å². The smallest absolute Gasteiger partial charge is 0.267 e. The third kappa shape index (κ3) is 4.73. The van der Waals surface area contributed by atoms with Crippen LogP contribution in [-0.4, -0.2) is 26.5 Å². The van der Waals surface area contributed by atoms with E-state index in [0.29, 0.717) is 23.3 Å². The first-order chi connectivity index (χ1) is 17.8. The van der Waals surface area contributed by atoms with E-state index in [1.54, 1.807) is 48.5 Å². The maximum atomic E-state index is 13.7. The molecular formula is C27H21ClN4O5. The summed E-state index contributed by atoms with van der Waals surface area (Å²) in [4.78, 5) is 35.5. The number of allylic oxidation sites excluding steroid dienone is 1. The zero-order chi connectivity index (χ0) is 26.1. The summed E-state index contributed by atoms with van der Waals surface area (Å²) in [7, 11) is 0. The van der Waals surface area contributed by atoms with Crippen LogP contribution in [0.25, 0.3) is 6.08 Å². The Bertz CT molecular complexity index is 1480. The lowest BCUT2D eigenvalue weighted by atomic mass is 9.77. The Hall–Kier alpha value is -4.37. The third-order valence-electron chi connectivity index (χ3n) is 6.66. The SMILES string of the molecule is O=C(c1ccccc1Cl)N1N=C2/C(=C/c3cccc([N+](=O)[O-])c3)CCCC2C1c1cccc([N+](=O)[O-])c1. The number of carbonyl (C=O) groups is 1. The number of carbonyl (C=O) groups excluding carboxylic acids is 1. The van der Waals surface area contributed by atoms with Gasteiger partial charge in [0.1, 0.15) is 0 Å². The number of non-ortho nitro benzene ring substituents is 2. The fourth-order valence-corrected chi connectivity index (χ4v) is 5.23. The first-order valence-corrected chi connectivity index (χ1v) is 12.1. The summed E-state index contributed by atoms with van der Waals surface area (Å²) in [5, 5.41) is 29.2. The number of nitro benzene ring substituents is 2. The van der Waals surface area contributed by atoms with Crippen molar-refractivity contribution in [3.8, 4) is 0 Å². The summed E-state index contributed by atoms with van der Waals surface area (Å²) < 4.78 is 0. The molecule has 1 heterocycles. The highest BCUT2D eigenvalue weighted by Gasteiger charge is 2.44. The summed E-state index contributed by atoms with van der Waals surface area (Å²) in [6.07, 6.45) is 4.09. The Balaban J connectivity index is 1.61. The summed E-state index contributed by atoms with van der Waals surface area (Å²) >= 11 is 6.34. The van der Waals surface area contributed by atoms with E-state index >= 15 is 0 Å². The van der Waals surface area contributed by atoms with Gasteiger partial charge in [0.15, 0.2) is 0 Å². The Labute approximate surface area is 217 Å². The second kappa shape index (κ2) is 9.94. The molecule has 0 aromatic heterocycles. The predicted octanol–water partition coefficient (Wildman–Crippen LogP) is 6.59. The molecular weight excluding hydrogens is 496 g/mol. The molecule has 0 bridgehead atoms. The number of hydrogen-bond donors (Lipinski definition) is 0. The standard InChI is InChI=1S/C27H21ClN4O5/c28-24-13-2-1-11-22(24)27(33)30-26(19-8-4-10-21(16-19)32(36)37)23-12-5-7-18(25(23)29-30)14-17-6-3-9-20(15-17)31(34)35/h1-4,6,8-11,13-16,23,26H,5,7,12H2/b18-14+. The lowest BCUT2D eigenvalue weighted by Crippen LogP contribution is -2.32. The molecule has 1 fully saturated rings. The van der Waals surface area contributed by atoms with Crippen molar-refractivity contribution < 1.29 is 14.6 Å². The van der Waals surface area contributed by atoms with E-state index in [0.717, 1.165) is 18.4 Å². The summed E-state index contributed by atoms with van der Waals surface area (Å²) in [5.74, 6) is -0.606. The largest absolute Gasteiger partial charge is 0.276 e. The van der Waals surface area contributed by atoms with Gasteiger partial charge in [-0.05, 0) is 54.2 Å². The van der Waals surface area contributed by atoms with Crippen LogP contribution in [0, 0.1) is 26.1 Å². The van der Waals surface area contributed by atoms with Crippen molar-refractivity contribution in [3.05, 3.63) is 120 Å². The number of nitro groups is 2. The van der Waals surface area contributed by atoms with Gasteiger partial charge in [0.25, 0.3) is 17.3 Å². The molecule has 0 N–H and O–H groups in total. The van der Waals surface area contributed by atoms with Crippen molar-refractivity contribution >= 4 is 40.7 Å². The number of halogens is 1. The van der Waals surface area contributed by atoms with Gasteiger partial charge in [-0.15, -0.1) is 0 Å². The van der Waals surface area contributed by atoms with Gasteiger partial charge >= 0.3 is 0 Å². The number of hydrogen-bond acceptors (Lipinski definition) is 6. The molecule has 1 aliphatic carbocycles. The van der Waals surface area contributed by atoms with Crippen LogP contribution < -0.4 is 0 Å². The van der Waals surface area contributed by atoms with Gasteiger partial charge < -0.3 is 0 Å². The van der Waals surface area contributed by atoms with Crippen LogP contribution in [0.4, 0.5) is 11.4 Å². The van der Waals surface area contributed by atoms with Gasteiger partial charge in [-0.3, -0.25) is 25.0 Å². The van der Waals surface area contributed by atoms with E-state index < -0.39 is 21.8 Å². The van der Waals surface area contributed by atoms with Crippen molar-refractivity contribution in [1.29, 1.82) is 0 Å². The second-order valence-corrected chi connectivity index (χ2v) is 9.34. The normalized spacial score (nSPS) is 19.9. The maximum absolute atomic E-state index is 13.7. The van der Waals surface area contributed by atoms with E-state index in [1.165, 1.54) is 29.3 Å². The molecule has 0 saturated heterocycles. The number of rotatable bonds is 5. The van der Waals surface area contributed by atoms with E-state index in [9.17, 15) is 25.0 Å². The van der Waals surface area contributed by atoms with Crippen LogP contribution >= 0.6 is 11.6 Å². The van der Waals surface area contributed by atoms with Crippen LogP contribution in [0.1, 0.15) is 46.8 Å². The second-order valence-electron chi connectivity index (χ2n) is 8.93. The predicted molar refractivity (Wildman–Crippen MR) is 139 cm³/mol. The Morgan fingerprint density at radius 1 is 0.973 bits per heavy atom. The van der Waals surface area contributed by atoms with Gasteiger partial charge in [-0.25, -0.2) is 5.01 Å². The minimum atomic E-state index is -0.563. The first kappa shape index (κ1) is 24.3. The van der Waals surface area contributed by atoms with Crippen molar-refractivity contribution in [2.24, 2.45) is 11.0 Å².